The molecule has 4 aromatic rings. The van der Waals surface area contributed by atoms with Gasteiger partial charge in [0, 0.05) is 35.1 Å². The van der Waals surface area contributed by atoms with Gasteiger partial charge in [-0.15, -0.1) is 0 Å². The lowest BCUT2D eigenvalue weighted by Crippen LogP contribution is -2.53. The summed E-state index contributed by atoms with van der Waals surface area (Å²) < 4.78 is 34.7. The normalized spacial score (nSPS) is 11.8. The zero-order valence-electron chi connectivity index (χ0n) is 24.6. The van der Waals surface area contributed by atoms with E-state index in [0.29, 0.717) is 33.0 Å². The van der Waals surface area contributed by atoms with Crippen LogP contribution in [0.15, 0.2) is 102 Å². The molecule has 8 nitrogen and oxygen atoms in total. The number of likely N-dealkylation sites (N-methyl/N-ethyl adjacent to an activating group) is 1. The Bertz CT molecular complexity index is 1720. The number of hydrogen-bond donors (Lipinski definition) is 1. The third-order valence-electron chi connectivity index (χ3n) is 6.99. The molecule has 0 saturated heterocycles. The van der Waals surface area contributed by atoms with E-state index >= 15 is 0 Å². The molecule has 0 aliphatic carbocycles. The number of carbonyl (C=O) groups is 2. The Kier molecular flexibility index (Phi) is 11.7. The van der Waals surface area contributed by atoms with Crippen molar-refractivity contribution in [1.82, 2.24) is 10.2 Å². The molecule has 12 heteroatoms. The fourth-order valence-electron chi connectivity index (χ4n) is 4.69. The molecule has 0 unspecified atom stereocenters. The Labute approximate surface area is 278 Å². The number of hydrogen-bond acceptors (Lipinski definition) is 5. The van der Waals surface area contributed by atoms with Gasteiger partial charge >= 0.3 is 0 Å². The van der Waals surface area contributed by atoms with Gasteiger partial charge in [-0.2, -0.15) is 0 Å². The average molecular weight is 689 g/mol. The highest BCUT2D eigenvalue weighted by Gasteiger charge is 2.34. The van der Waals surface area contributed by atoms with Crippen LogP contribution in [0.4, 0.5) is 5.69 Å². The number of sulfonamides is 1. The number of benzene rings is 4. The minimum absolute atomic E-state index is 0.0620. The summed E-state index contributed by atoms with van der Waals surface area (Å²) in [6.07, 6.45) is 0.171. The van der Waals surface area contributed by atoms with Gasteiger partial charge in [0.1, 0.15) is 18.3 Å². The second kappa shape index (κ2) is 15.5. The molecule has 4 aromatic carbocycles. The lowest BCUT2D eigenvalue weighted by Gasteiger charge is -2.33. The van der Waals surface area contributed by atoms with Crippen molar-refractivity contribution < 1.29 is 22.7 Å². The second-order valence-electron chi connectivity index (χ2n) is 9.97. The van der Waals surface area contributed by atoms with Gasteiger partial charge in [0.15, 0.2) is 0 Å². The lowest BCUT2D eigenvalue weighted by molar-refractivity contribution is -0.139. The average Bonchev–Trinajstić information content (AvgIpc) is 3.03. The van der Waals surface area contributed by atoms with Crippen LogP contribution in [0.2, 0.25) is 15.1 Å². The molecule has 0 heterocycles. The fourth-order valence-corrected chi connectivity index (χ4v) is 6.70. The summed E-state index contributed by atoms with van der Waals surface area (Å²) in [6.45, 7) is 1.56. The molecule has 0 radical (unpaired) electrons. The first-order valence-electron chi connectivity index (χ1n) is 14.0. The number of nitrogens with one attached hydrogen (secondary N) is 1. The molecule has 0 spiro atoms. The van der Waals surface area contributed by atoms with Gasteiger partial charge in [-0.1, -0.05) is 71.2 Å². The third kappa shape index (κ3) is 8.70. The van der Waals surface area contributed by atoms with E-state index in [2.05, 4.69) is 5.32 Å². The standard InChI is InChI=1S/C33H32Cl3N3O5S/c1-3-44-28-15-13-27(14-16-28)39(45(42,43)29-17-11-25(34)12-18-29)22-32(40)38(21-24-9-10-26(35)20-30(24)36)31(33(41)37-2)19-23-7-5-4-6-8-23/h4-18,20,31H,3,19,21-22H2,1-2H3,(H,37,41)/t31-/m0/s1. The summed E-state index contributed by atoms with van der Waals surface area (Å²) in [5.41, 5.74) is 1.57. The highest BCUT2D eigenvalue weighted by Crippen LogP contribution is 2.29. The first-order chi connectivity index (χ1) is 21.5. The smallest absolute Gasteiger partial charge is 0.264 e. The van der Waals surface area contributed by atoms with Crippen LogP contribution >= 0.6 is 34.8 Å². The van der Waals surface area contributed by atoms with Crippen LogP contribution in [-0.4, -0.2) is 51.4 Å². The maximum absolute atomic E-state index is 14.4. The molecule has 236 valence electrons. The van der Waals surface area contributed by atoms with Crippen LogP contribution in [0, 0.1) is 0 Å². The highest BCUT2D eigenvalue weighted by molar-refractivity contribution is 7.92. The van der Waals surface area contributed by atoms with Crippen LogP contribution in [0.5, 0.6) is 5.75 Å². The summed E-state index contributed by atoms with van der Waals surface area (Å²) >= 11 is 18.7. The quantitative estimate of drug-likeness (QED) is 0.170. The van der Waals surface area contributed by atoms with E-state index in [0.717, 1.165) is 9.87 Å². The molecule has 0 aromatic heterocycles. The van der Waals surface area contributed by atoms with Crippen LogP contribution < -0.4 is 14.4 Å². The SMILES string of the molecule is CCOc1ccc(N(CC(=O)N(Cc2ccc(Cl)cc2Cl)[C@@H](Cc2ccccc2)C(=O)NC)S(=O)(=O)c2ccc(Cl)cc2)cc1. The van der Waals surface area contributed by atoms with Gasteiger partial charge in [0.2, 0.25) is 11.8 Å². The zero-order chi connectivity index (χ0) is 32.6. The Morgan fingerprint density at radius 1 is 0.867 bits per heavy atom. The fraction of sp³-hybridized carbons (Fsp3) is 0.212. The van der Waals surface area contributed by atoms with Gasteiger partial charge in [-0.3, -0.25) is 13.9 Å². The van der Waals surface area contributed by atoms with Crippen molar-refractivity contribution >= 4 is 62.3 Å². The topological polar surface area (TPSA) is 96.0 Å². The van der Waals surface area contributed by atoms with E-state index in [1.807, 2.05) is 37.3 Å². The van der Waals surface area contributed by atoms with Crippen molar-refractivity contribution in [2.24, 2.45) is 0 Å². The molecule has 4 rings (SSSR count). The molecule has 0 aliphatic heterocycles. The minimum Gasteiger partial charge on any atom is -0.494 e. The Morgan fingerprint density at radius 3 is 2.11 bits per heavy atom. The molecule has 45 heavy (non-hydrogen) atoms. The number of anilines is 1. The van der Waals surface area contributed by atoms with Gasteiger partial charge in [-0.25, -0.2) is 8.42 Å². The molecule has 0 aliphatic rings. The summed E-state index contributed by atoms with van der Waals surface area (Å²) in [6, 6.07) is 25.1. The maximum atomic E-state index is 14.4. The summed E-state index contributed by atoms with van der Waals surface area (Å²) in [4.78, 5) is 29.1. The van der Waals surface area contributed by atoms with E-state index in [-0.39, 0.29) is 23.5 Å². The van der Waals surface area contributed by atoms with E-state index in [9.17, 15) is 18.0 Å². The Balaban J connectivity index is 1.80. The van der Waals surface area contributed by atoms with Crippen molar-refractivity contribution in [3.8, 4) is 5.75 Å². The lowest BCUT2D eigenvalue weighted by atomic mass is 10.0. The molecule has 0 saturated carbocycles. The summed E-state index contributed by atoms with van der Waals surface area (Å²) in [5.74, 6) is -0.514. The van der Waals surface area contributed by atoms with E-state index in [4.69, 9.17) is 39.5 Å². The predicted molar refractivity (Wildman–Crippen MR) is 179 cm³/mol. The Hall–Kier alpha value is -3.76. The van der Waals surface area contributed by atoms with Gasteiger partial charge in [0.05, 0.1) is 17.2 Å². The monoisotopic (exact) mass is 687 g/mol. The van der Waals surface area contributed by atoms with Crippen LogP contribution in [0.3, 0.4) is 0 Å². The van der Waals surface area contributed by atoms with Gasteiger partial charge in [-0.05, 0) is 78.7 Å². The molecule has 1 N–H and O–H groups in total. The number of ether oxygens (including phenoxy) is 1. The Morgan fingerprint density at radius 2 is 1.51 bits per heavy atom. The van der Waals surface area contributed by atoms with Crippen molar-refractivity contribution in [2.75, 3.05) is 24.5 Å². The minimum atomic E-state index is -4.28. The second-order valence-corrected chi connectivity index (χ2v) is 13.1. The largest absolute Gasteiger partial charge is 0.494 e. The molecule has 0 fully saturated rings. The van der Waals surface area contributed by atoms with Crippen LogP contribution in [-0.2, 0) is 32.6 Å². The number of carbonyl (C=O) groups excluding carboxylic acids is 2. The number of nitrogens with zero attached hydrogens (tertiary/aromatic N) is 2. The molecule has 1 atom stereocenters. The molecular formula is C33H32Cl3N3O5S. The zero-order valence-corrected chi connectivity index (χ0v) is 27.7. The molecule has 2 amide bonds. The number of halogens is 3. The first kappa shape index (κ1) is 34.1. The number of amides is 2. The van der Waals surface area contributed by atoms with Crippen molar-refractivity contribution in [3.05, 3.63) is 123 Å². The van der Waals surface area contributed by atoms with Crippen molar-refractivity contribution in [3.63, 3.8) is 0 Å². The summed E-state index contributed by atoms with van der Waals surface area (Å²) in [5, 5.41) is 3.71. The number of rotatable bonds is 13. The predicted octanol–water partition coefficient (Wildman–Crippen LogP) is 6.63. The van der Waals surface area contributed by atoms with E-state index in [1.165, 1.54) is 36.2 Å². The van der Waals surface area contributed by atoms with E-state index < -0.39 is 34.4 Å². The van der Waals surface area contributed by atoms with Crippen LogP contribution in [0.25, 0.3) is 0 Å². The highest BCUT2D eigenvalue weighted by atomic mass is 35.5. The van der Waals surface area contributed by atoms with Gasteiger partial charge < -0.3 is 15.0 Å². The van der Waals surface area contributed by atoms with Crippen molar-refractivity contribution in [2.45, 2.75) is 30.8 Å². The van der Waals surface area contributed by atoms with Crippen molar-refractivity contribution in [1.29, 1.82) is 0 Å². The summed E-state index contributed by atoms with van der Waals surface area (Å²) in [7, 11) is -2.80. The maximum Gasteiger partial charge on any atom is 0.264 e. The molecule has 0 bridgehead atoms. The van der Waals surface area contributed by atoms with E-state index in [1.54, 1.807) is 42.5 Å². The molecular weight excluding hydrogens is 657 g/mol. The van der Waals surface area contributed by atoms with Gasteiger partial charge in [0.25, 0.3) is 10.0 Å². The van der Waals surface area contributed by atoms with Crippen LogP contribution in [0.1, 0.15) is 18.1 Å². The first-order valence-corrected chi connectivity index (χ1v) is 16.6. The third-order valence-corrected chi connectivity index (χ3v) is 9.62.